The van der Waals surface area contributed by atoms with E-state index in [4.69, 9.17) is 0 Å². The van der Waals surface area contributed by atoms with Crippen LogP contribution >= 0.6 is 15.9 Å². The molecule has 0 aromatic heterocycles. The molecule has 0 heterocycles. The molecule has 1 atom stereocenters. The van der Waals surface area contributed by atoms with Crippen molar-refractivity contribution in [1.82, 2.24) is 0 Å². The zero-order chi connectivity index (χ0) is 13.1. The molecule has 2 rings (SSSR count). The summed E-state index contributed by atoms with van der Waals surface area (Å²) in [6.07, 6.45) is 0.178. The van der Waals surface area contributed by atoms with Gasteiger partial charge in [0.25, 0.3) is 0 Å². The Labute approximate surface area is 114 Å². The van der Waals surface area contributed by atoms with E-state index in [2.05, 4.69) is 22.9 Å². The maximum Gasteiger partial charge on any atom is 0.124 e. The molecule has 0 spiro atoms. The number of hydrogen-bond acceptors (Lipinski definition) is 1. The summed E-state index contributed by atoms with van der Waals surface area (Å²) < 4.78 is 13.6. The lowest BCUT2D eigenvalue weighted by molar-refractivity contribution is 0.219. The van der Waals surface area contributed by atoms with E-state index in [1.165, 1.54) is 17.7 Å². The van der Waals surface area contributed by atoms with Gasteiger partial charge in [-0.3, -0.25) is 0 Å². The van der Waals surface area contributed by atoms with E-state index in [9.17, 15) is 9.50 Å². The monoisotopic (exact) mass is 308 g/mol. The van der Waals surface area contributed by atoms with Gasteiger partial charge < -0.3 is 5.11 Å². The molecule has 3 heteroatoms. The van der Waals surface area contributed by atoms with Crippen LogP contribution in [0.15, 0.2) is 46.9 Å². The topological polar surface area (TPSA) is 20.2 Å². The molecule has 0 aliphatic heterocycles. The molecule has 0 saturated carbocycles. The largest absolute Gasteiger partial charge is 0.384 e. The average Bonchev–Trinajstić information content (AvgIpc) is 2.38. The van der Waals surface area contributed by atoms with Crippen molar-refractivity contribution in [1.29, 1.82) is 0 Å². The minimum atomic E-state index is -0.744. The van der Waals surface area contributed by atoms with Crippen molar-refractivity contribution < 1.29 is 9.50 Å². The fraction of sp³-hybridized carbons (Fsp3) is 0.200. The molecule has 1 nitrogen and oxygen atoms in total. The SMILES string of the molecule is CCc1cccc(C(O)c2ccc(F)cc2Br)c1. The van der Waals surface area contributed by atoms with Crippen molar-refractivity contribution in [3.8, 4) is 0 Å². The van der Waals surface area contributed by atoms with Crippen LogP contribution in [0.4, 0.5) is 4.39 Å². The molecule has 94 valence electrons. The van der Waals surface area contributed by atoms with E-state index in [1.807, 2.05) is 24.3 Å². The summed E-state index contributed by atoms with van der Waals surface area (Å²) in [4.78, 5) is 0. The van der Waals surface area contributed by atoms with Crippen LogP contribution in [0.25, 0.3) is 0 Å². The normalized spacial score (nSPS) is 12.4. The lowest BCUT2D eigenvalue weighted by Crippen LogP contribution is -2.01. The molecule has 2 aromatic rings. The number of hydrogen-bond donors (Lipinski definition) is 1. The molecule has 2 aromatic carbocycles. The lowest BCUT2D eigenvalue weighted by Gasteiger charge is -2.14. The number of benzene rings is 2. The Hall–Kier alpha value is -1.19. The predicted molar refractivity (Wildman–Crippen MR) is 74.0 cm³/mol. The van der Waals surface area contributed by atoms with Crippen LogP contribution in [0.5, 0.6) is 0 Å². The maximum absolute atomic E-state index is 13.0. The summed E-state index contributed by atoms with van der Waals surface area (Å²) in [6, 6.07) is 12.1. The highest BCUT2D eigenvalue weighted by Crippen LogP contribution is 2.29. The van der Waals surface area contributed by atoms with Gasteiger partial charge in [0.1, 0.15) is 11.9 Å². The van der Waals surface area contributed by atoms with Gasteiger partial charge in [-0.15, -0.1) is 0 Å². The molecule has 1 unspecified atom stereocenters. The van der Waals surface area contributed by atoms with Crippen molar-refractivity contribution in [3.05, 3.63) is 69.4 Å². The van der Waals surface area contributed by atoms with Crippen LogP contribution in [-0.2, 0) is 6.42 Å². The minimum Gasteiger partial charge on any atom is -0.384 e. The fourth-order valence-electron chi connectivity index (χ4n) is 1.89. The highest BCUT2D eigenvalue weighted by atomic mass is 79.9. The van der Waals surface area contributed by atoms with Gasteiger partial charge in [0.15, 0.2) is 0 Å². The van der Waals surface area contributed by atoms with Crippen molar-refractivity contribution in [2.24, 2.45) is 0 Å². The minimum absolute atomic E-state index is 0.319. The van der Waals surface area contributed by atoms with Gasteiger partial charge in [0.05, 0.1) is 0 Å². The van der Waals surface area contributed by atoms with Gasteiger partial charge in [-0.25, -0.2) is 4.39 Å². The summed E-state index contributed by atoms with van der Waals surface area (Å²) in [6.45, 7) is 2.07. The number of rotatable bonds is 3. The molecular formula is C15H14BrFO. The molecule has 18 heavy (non-hydrogen) atoms. The molecule has 0 saturated heterocycles. The van der Waals surface area contributed by atoms with Gasteiger partial charge in [-0.2, -0.15) is 0 Å². The Bertz CT molecular complexity index is 554. The van der Waals surface area contributed by atoms with E-state index in [-0.39, 0.29) is 5.82 Å². The Kier molecular flexibility index (Phi) is 4.15. The van der Waals surface area contributed by atoms with Crippen molar-refractivity contribution in [2.45, 2.75) is 19.4 Å². The summed E-state index contributed by atoms with van der Waals surface area (Å²) in [5.74, 6) is -0.319. The predicted octanol–water partition coefficient (Wildman–Crippen LogP) is 4.23. The quantitative estimate of drug-likeness (QED) is 0.899. The van der Waals surface area contributed by atoms with E-state index < -0.39 is 6.10 Å². The lowest BCUT2D eigenvalue weighted by atomic mass is 9.99. The summed E-state index contributed by atoms with van der Waals surface area (Å²) in [5, 5.41) is 10.3. The van der Waals surface area contributed by atoms with E-state index in [0.717, 1.165) is 12.0 Å². The highest BCUT2D eigenvalue weighted by Gasteiger charge is 2.14. The van der Waals surface area contributed by atoms with Crippen LogP contribution in [-0.4, -0.2) is 5.11 Å². The van der Waals surface area contributed by atoms with E-state index >= 15 is 0 Å². The summed E-state index contributed by atoms with van der Waals surface area (Å²) >= 11 is 3.28. The summed E-state index contributed by atoms with van der Waals surface area (Å²) in [7, 11) is 0. The first-order chi connectivity index (χ1) is 8.61. The highest BCUT2D eigenvalue weighted by molar-refractivity contribution is 9.10. The summed E-state index contributed by atoms with van der Waals surface area (Å²) in [5.41, 5.74) is 2.66. The third kappa shape index (κ3) is 2.79. The second kappa shape index (κ2) is 5.63. The Morgan fingerprint density at radius 3 is 2.67 bits per heavy atom. The van der Waals surface area contributed by atoms with E-state index in [1.54, 1.807) is 6.07 Å². The second-order valence-corrected chi connectivity index (χ2v) is 5.02. The van der Waals surface area contributed by atoms with Crippen LogP contribution in [0.1, 0.15) is 29.7 Å². The molecule has 0 aliphatic rings. The molecule has 0 amide bonds. The molecule has 0 bridgehead atoms. The second-order valence-electron chi connectivity index (χ2n) is 4.17. The molecule has 0 fully saturated rings. The van der Waals surface area contributed by atoms with Gasteiger partial charge in [0.2, 0.25) is 0 Å². The number of aliphatic hydroxyl groups excluding tert-OH is 1. The Morgan fingerprint density at radius 2 is 2.00 bits per heavy atom. The van der Waals surface area contributed by atoms with Crippen LogP contribution in [0, 0.1) is 5.82 Å². The van der Waals surface area contributed by atoms with Crippen molar-refractivity contribution in [3.63, 3.8) is 0 Å². The van der Waals surface area contributed by atoms with E-state index in [0.29, 0.717) is 10.0 Å². The smallest absolute Gasteiger partial charge is 0.124 e. The van der Waals surface area contributed by atoms with Gasteiger partial charge in [0, 0.05) is 4.47 Å². The third-order valence-corrected chi connectivity index (χ3v) is 3.62. The Balaban J connectivity index is 2.37. The third-order valence-electron chi connectivity index (χ3n) is 2.93. The first kappa shape index (κ1) is 13.2. The average molecular weight is 309 g/mol. The zero-order valence-electron chi connectivity index (χ0n) is 10.0. The van der Waals surface area contributed by atoms with Gasteiger partial charge in [-0.05, 0) is 35.2 Å². The number of aliphatic hydroxyl groups is 1. The standard InChI is InChI=1S/C15H14BrFO/c1-2-10-4-3-5-11(8-10)15(18)13-7-6-12(17)9-14(13)16/h3-9,15,18H,2H2,1H3. The Morgan fingerprint density at radius 1 is 1.22 bits per heavy atom. The van der Waals surface area contributed by atoms with Gasteiger partial charge >= 0.3 is 0 Å². The first-order valence-corrected chi connectivity index (χ1v) is 6.63. The first-order valence-electron chi connectivity index (χ1n) is 5.83. The zero-order valence-corrected chi connectivity index (χ0v) is 11.6. The fourth-order valence-corrected chi connectivity index (χ4v) is 2.45. The van der Waals surface area contributed by atoms with Crippen LogP contribution in [0.3, 0.4) is 0 Å². The molecule has 1 N–H and O–H groups in total. The maximum atomic E-state index is 13.0. The van der Waals surface area contributed by atoms with Crippen LogP contribution < -0.4 is 0 Å². The molecule has 0 aliphatic carbocycles. The number of aryl methyl sites for hydroxylation is 1. The molecular weight excluding hydrogens is 295 g/mol. The van der Waals surface area contributed by atoms with Crippen molar-refractivity contribution in [2.75, 3.05) is 0 Å². The van der Waals surface area contributed by atoms with Gasteiger partial charge in [-0.1, -0.05) is 53.2 Å². The number of halogens is 2. The van der Waals surface area contributed by atoms with Crippen LogP contribution in [0.2, 0.25) is 0 Å². The molecule has 0 radical (unpaired) electrons. The van der Waals surface area contributed by atoms with Crippen molar-refractivity contribution >= 4 is 15.9 Å².